The minimum atomic E-state index is -0.441. The first-order valence-corrected chi connectivity index (χ1v) is 5.84. The molecule has 5 nitrogen and oxygen atoms in total. The van der Waals surface area contributed by atoms with Gasteiger partial charge in [0, 0.05) is 26.7 Å². The molecule has 0 aromatic rings. The average molecular weight is 234 g/mol. The van der Waals surface area contributed by atoms with Crippen LogP contribution in [0.25, 0.3) is 0 Å². The van der Waals surface area contributed by atoms with E-state index in [1.54, 1.807) is 7.11 Å². The first-order chi connectivity index (χ1) is 7.70. The summed E-state index contributed by atoms with van der Waals surface area (Å²) in [5, 5.41) is 12.7. The minimum Gasteiger partial charge on any atom is -0.389 e. The van der Waals surface area contributed by atoms with Gasteiger partial charge in [0.2, 0.25) is 0 Å². The Balaban J connectivity index is 3.20. The van der Waals surface area contributed by atoms with Crippen molar-refractivity contribution in [3.8, 4) is 0 Å². The standard InChI is InChI=1S/C11H26N2O3/c1-4-13(2)6-5-12-9-11(14)10-16-8-7-15-3/h11-12,14H,4-10H2,1-3H3. The van der Waals surface area contributed by atoms with Gasteiger partial charge in [-0.05, 0) is 13.6 Å². The maximum atomic E-state index is 9.53. The van der Waals surface area contributed by atoms with Crippen LogP contribution in [0.1, 0.15) is 6.92 Å². The van der Waals surface area contributed by atoms with Crippen LogP contribution in [-0.4, -0.2) is 76.3 Å². The van der Waals surface area contributed by atoms with E-state index in [-0.39, 0.29) is 0 Å². The maximum Gasteiger partial charge on any atom is 0.0897 e. The van der Waals surface area contributed by atoms with Gasteiger partial charge in [-0.15, -0.1) is 0 Å². The van der Waals surface area contributed by atoms with E-state index < -0.39 is 6.10 Å². The summed E-state index contributed by atoms with van der Waals surface area (Å²) in [6.07, 6.45) is -0.441. The van der Waals surface area contributed by atoms with Crippen molar-refractivity contribution in [1.29, 1.82) is 0 Å². The molecule has 1 atom stereocenters. The fourth-order valence-electron chi connectivity index (χ4n) is 1.12. The highest BCUT2D eigenvalue weighted by Crippen LogP contribution is 1.85. The van der Waals surface area contributed by atoms with Crippen LogP contribution in [0.3, 0.4) is 0 Å². The summed E-state index contributed by atoms with van der Waals surface area (Å²) in [6.45, 7) is 7.09. The molecule has 0 spiro atoms. The molecule has 0 radical (unpaired) electrons. The van der Waals surface area contributed by atoms with Gasteiger partial charge >= 0.3 is 0 Å². The summed E-state index contributed by atoms with van der Waals surface area (Å²) in [4.78, 5) is 2.22. The van der Waals surface area contributed by atoms with Crippen molar-refractivity contribution in [3.63, 3.8) is 0 Å². The van der Waals surface area contributed by atoms with Gasteiger partial charge in [-0.3, -0.25) is 0 Å². The Morgan fingerprint density at radius 2 is 2.12 bits per heavy atom. The van der Waals surface area contributed by atoms with Crippen molar-refractivity contribution in [1.82, 2.24) is 10.2 Å². The lowest BCUT2D eigenvalue weighted by Gasteiger charge is -2.16. The van der Waals surface area contributed by atoms with E-state index in [1.165, 1.54) is 0 Å². The van der Waals surface area contributed by atoms with Crippen LogP contribution in [0.5, 0.6) is 0 Å². The summed E-state index contributed by atoms with van der Waals surface area (Å²) in [5.41, 5.74) is 0. The fourth-order valence-corrected chi connectivity index (χ4v) is 1.12. The van der Waals surface area contributed by atoms with E-state index in [0.29, 0.717) is 26.4 Å². The van der Waals surface area contributed by atoms with Crippen LogP contribution in [-0.2, 0) is 9.47 Å². The van der Waals surface area contributed by atoms with Crippen molar-refractivity contribution in [2.75, 3.05) is 60.2 Å². The lowest BCUT2D eigenvalue weighted by molar-refractivity contribution is 0.0137. The van der Waals surface area contributed by atoms with Crippen molar-refractivity contribution >= 4 is 0 Å². The molecule has 0 aliphatic rings. The smallest absolute Gasteiger partial charge is 0.0897 e. The molecule has 2 N–H and O–H groups in total. The van der Waals surface area contributed by atoms with Crippen molar-refractivity contribution in [2.24, 2.45) is 0 Å². The molecule has 0 amide bonds. The molecule has 1 unspecified atom stereocenters. The average Bonchev–Trinajstić information content (AvgIpc) is 2.30. The number of hydrogen-bond acceptors (Lipinski definition) is 5. The van der Waals surface area contributed by atoms with Gasteiger partial charge in [0.15, 0.2) is 0 Å². The minimum absolute atomic E-state index is 0.361. The number of nitrogens with one attached hydrogen (secondary N) is 1. The van der Waals surface area contributed by atoms with Crippen LogP contribution < -0.4 is 5.32 Å². The van der Waals surface area contributed by atoms with Crippen molar-refractivity contribution in [2.45, 2.75) is 13.0 Å². The number of nitrogens with zero attached hydrogens (tertiary/aromatic N) is 1. The highest BCUT2D eigenvalue weighted by atomic mass is 16.5. The molecular formula is C11H26N2O3. The highest BCUT2D eigenvalue weighted by Gasteiger charge is 2.03. The third-order valence-corrected chi connectivity index (χ3v) is 2.33. The molecule has 0 fully saturated rings. The summed E-state index contributed by atoms with van der Waals surface area (Å²) >= 11 is 0. The predicted octanol–water partition coefficient (Wildman–Crippen LogP) is -0.448. The molecular weight excluding hydrogens is 208 g/mol. The number of likely N-dealkylation sites (N-methyl/N-ethyl adjacent to an activating group) is 1. The summed E-state index contributed by atoms with van der Waals surface area (Å²) in [7, 11) is 3.71. The molecule has 0 aromatic carbocycles. The number of aliphatic hydroxyl groups excluding tert-OH is 1. The normalized spacial score (nSPS) is 13.3. The maximum absolute atomic E-state index is 9.53. The third kappa shape index (κ3) is 10.3. The SMILES string of the molecule is CCN(C)CCNCC(O)COCCOC. The first kappa shape index (κ1) is 15.8. The molecule has 98 valence electrons. The molecule has 0 aliphatic heterocycles. The van der Waals surface area contributed by atoms with Gasteiger partial charge in [-0.1, -0.05) is 6.92 Å². The molecule has 0 rings (SSSR count). The lowest BCUT2D eigenvalue weighted by Crippen LogP contribution is -2.35. The zero-order chi connectivity index (χ0) is 12.2. The molecule has 0 aliphatic carbocycles. The van der Waals surface area contributed by atoms with Gasteiger partial charge in [0.1, 0.15) is 0 Å². The molecule has 0 saturated carbocycles. The number of hydrogen-bond donors (Lipinski definition) is 2. The number of rotatable bonds is 11. The molecule has 0 bridgehead atoms. The van der Waals surface area contributed by atoms with Gasteiger partial charge < -0.3 is 24.8 Å². The second-order valence-corrected chi connectivity index (χ2v) is 3.82. The van der Waals surface area contributed by atoms with Gasteiger partial charge in [-0.25, -0.2) is 0 Å². The predicted molar refractivity (Wildman–Crippen MR) is 64.7 cm³/mol. The second kappa shape index (κ2) is 11.3. The summed E-state index contributed by atoms with van der Waals surface area (Å²) < 4.78 is 10.0. The Morgan fingerprint density at radius 3 is 2.75 bits per heavy atom. The molecule has 5 heteroatoms. The zero-order valence-corrected chi connectivity index (χ0v) is 10.7. The highest BCUT2D eigenvalue weighted by molar-refractivity contribution is 4.59. The number of ether oxygens (including phenoxy) is 2. The Kier molecular flexibility index (Phi) is 11.1. The molecule has 0 heterocycles. The first-order valence-electron chi connectivity index (χ1n) is 5.84. The van der Waals surface area contributed by atoms with E-state index in [0.717, 1.165) is 19.6 Å². The second-order valence-electron chi connectivity index (χ2n) is 3.82. The van der Waals surface area contributed by atoms with Gasteiger partial charge in [0.25, 0.3) is 0 Å². The largest absolute Gasteiger partial charge is 0.389 e. The van der Waals surface area contributed by atoms with Crippen LogP contribution in [0.4, 0.5) is 0 Å². The Hall–Kier alpha value is -0.200. The molecule has 16 heavy (non-hydrogen) atoms. The van der Waals surface area contributed by atoms with E-state index in [4.69, 9.17) is 9.47 Å². The Morgan fingerprint density at radius 1 is 1.38 bits per heavy atom. The Bertz CT molecular complexity index is 147. The van der Waals surface area contributed by atoms with Crippen LogP contribution >= 0.6 is 0 Å². The zero-order valence-electron chi connectivity index (χ0n) is 10.7. The van der Waals surface area contributed by atoms with Crippen molar-refractivity contribution < 1.29 is 14.6 Å². The topological polar surface area (TPSA) is 54.0 Å². The summed E-state index contributed by atoms with van der Waals surface area (Å²) in [6, 6.07) is 0. The van der Waals surface area contributed by atoms with Crippen LogP contribution in [0.2, 0.25) is 0 Å². The van der Waals surface area contributed by atoms with Crippen LogP contribution in [0, 0.1) is 0 Å². The van der Waals surface area contributed by atoms with E-state index in [2.05, 4.69) is 24.2 Å². The van der Waals surface area contributed by atoms with Crippen molar-refractivity contribution in [3.05, 3.63) is 0 Å². The monoisotopic (exact) mass is 234 g/mol. The van der Waals surface area contributed by atoms with Crippen LogP contribution in [0.15, 0.2) is 0 Å². The van der Waals surface area contributed by atoms with E-state index in [9.17, 15) is 5.11 Å². The number of methoxy groups -OCH3 is 1. The lowest BCUT2D eigenvalue weighted by atomic mass is 10.3. The third-order valence-electron chi connectivity index (χ3n) is 2.33. The fraction of sp³-hybridized carbons (Fsp3) is 1.00. The van der Waals surface area contributed by atoms with Gasteiger partial charge in [-0.2, -0.15) is 0 Å². The quantitative estimate of drug-likeness (QED) is 0.474. The van der Waals surface area contributed by atoms with E-state index in [1.807, 2.05) is 0 Å². The summed E-state index contributed by atoms with van der Waals surface area (Å²) in [5.74, 6) is 0. The van der Waals surface area contributed by atoms with Gasteiger partial charge in [0.05, 0.1) is 25.9 Å². The number of aliphatic hydroxyl groups is 1. The molecule has 0 saturated heterocycles. The molecule has 0 aromatic heterocycles. The Labute approximate surface area is 98.7 Å². The van der Waals surface area contributed by atoms with E-state index >= 15 is 0 Å².